The maximum absolute atomic E-state index is 9.93. The van der Waals surface area contributed by atoms with Crippen molar-refractivity contribution in [2.75, 3.05) is 20.0 Å². The zero-order valence-electron chi connectivity index (χ0n) is 15.2. The van der Waals surface area contributed by atoms with Gasteiger partial charge in [0.1, 0.15) is 29.1 Å². The Labute approximate surface area is 160 Å². The monoisotopic (exact) mass is 369 g/mol. The summed E-state index contributed by atoms with van der Waals surface area (Å²) in [5.74, 6) is 1.26. The molecular formula is C21H15N5O2. The molecule has 0 saturated heterocycles. The molecular weight excluding hydrogens is 354 g/mol. The standard InChI is InChI=1S/C21H15N5O2/c1-27-17-8-7-12(9-18(17)28-2)19-13(10-22)20(24)26-16-6-4-3-5-15(16)25-21(26)14(19)11-23/h3-9H,24H2,1-2H3. The summed E-state index contributed by atoms with van der Waals surface area (Å²) in [4.78, 5) is 4.58. The SMILES string of the molecule is COc1ccc(-c2c(C#N)c(N)n3c(nc4ccccc43)c2C#N)cc1OC. The first-order chi connectivity index (χ1) is 13.6. The lowest BCUT2D eigenvalue weighted by atomic mass is 9.96. The van der Waals surface area contributed by atoms with Gasteiger partial charge in [-0.05, 0) is 29.8 Å². The Balaban J connectivity index is 2.17. The predicted octanol–water partition coefficient (Wildman–Crippen LogP) is 3.50. The maximum atomic E-state index is 9.93. The number of hydrogen-bond donors (Lipinski definition) is 1. The topological polar surface area (TPSA) is 109 Å². The van der Waals surface area contributed by atoms with E-state index in [1.165, 1.54) is 7.11 Å². The number of fused-ring (bicyclic) bond motifs is 3. The van der Waals surface area contributed by atoms with Gasteiger partial charge in [0.2, 0.25) is 0 Å². The van der Waals surface area contributed by atoms with Crippen LogP contribution in [0.15, 0.2) is 42.5 Å². The Morgan fingerprint density at radius 2 is 1.68 bits per heavy atom. The van der Waals surface area contributed by atoms with Gasteiger partial charge in [0.15, 0.2) is 17.1 Å². The summed E-state index contributed by atoms with van der Waals surface area (Å²) in [6, 6.07) is 17.0. The zero-order valence-corrected chi connectivity index (χ0v) is 15.2. The molecule has 0 radical (unpaired) electrons. The number of ether oxygens (including phenoxy) is 2. The minimum atomic E-state index is 0.208. The van der Waals surface area contributed by atoms with Gasteiger partial charge in [-0.15, -0.1) is 0 Å². The molecule has 0 amide bonds. The van der Waals surface area contributed by atoms with Crippen LogP contribution >= 0.6 is 0 Å². The summed E-state index contributed by atoms with van der Waals surface area (Å²) in [5.41, 5.74) is 9.72. The molecule has 2 aromatic heterocycles. The molecule has 0 aliphatic heterocycles. The van der Waals surface area contributed by atoms with E-state index in [2.05, 4.69) is 17.1 Å². The molecule has 0 unspecified atom stereocenters. The van der Waals surface area contributed by atoms with Crippen LogP contribution in [-0.2, 0) is 0 Å². The molecule has 136 valence electrons. The second kappa shape index (κ2) is 6.49. The first-order valence-corrected chi connectivity index (χ1v) is 8.39. The molecule has 0 fully saturated rings. The Hall–Kier alpha value is -4.23. The highest BCUT2D eigenvalue weighted by molar-refractivity contribution is 5.92. The first-order valence-electron chi connectivity index (χ1n) is 8.39. The number of imidazole rings is 1. The van der Waals surface area contributed by atoms with Crippen molar-refractivity contribution in [3.05, 3.63) is 53.6 Å². The summed E-state index contributed by atoms with van der Waals surface area (Å²) in [6.07, 6.45) is 0. The van der Waals surface area contributed by atoms with Gasteiger partial charge in [0, 0.05) is 5.56 Å². The number of methoxy groups -OCH3 is 2. The quantitative estimate of drug-likeness (QED) is 0.592. The normalized spacial score (nSPS) is 10.6. The maximum Gasteiger partial charge on any atom is 0.161 e. The van der Waals surface area contributed by atoms with Crippen molar-refractivity contribution in [1.29, 1.82) is 10.5 Å². The molecule has 0 bridgehead atoms. The number of nitrogen functional groups attached to an aromatic ring is 1. The molecule has 4 rings (SSSR count). The van der Waals surface area contributed by atoms with Gasteiger partial charge < -0.3 is 15.2 Å². The van der Waals surface area contributed by atoms with Crippen LogP contribution in [0.3, 0.4) is 0 Å². The highest BCUT2D eigenvalue weighted by Gasteiger charge is 2.23. The van der Waals surface area contributed by atoms with Crippen LogP contribution in [0.5, 0.6) is 11.5 Å². The lowest BCUT2D eigenvalue weighted by Crippen LogP contribution is -2.06. The molecule has 2 heterocycles. The van der Waals surface area contributed by atoms with Gasteiger partial charge in [-0.1, -0.05) is 18.2 Å². The van der Waals surface area contributed by atoms with E-state index in [4.69, 9.17) is 15.2 Å². The summed E-state index contributed by atoms with van der Waals surface area (Å²) in [6.45, 7) is 0. The minimum Gasteiger partial charge on any atom is -0.493 e. The van der Waals surface area contributed by atoms with E-state index >= 15 is 0 Å². The van der Waals surface area contributed by atoms with Crippen LogP contribution in [0.2, 0.25) is 0 Å². The van der Waals surface area contributed by atoms with Crippen molar-refractivity contribution in [3.63, 3.8) is 0 Å². The Morgan fingerprint density at radius 1 is 0.964 bits per heavy atom. The van der Waals surface area contributed by atoms with Crippen LogP contribution in [0.25, 0.3) is 27.8 Å². The average molecular weight is 369 g/mol. The predicted molar refractivity (Wildman–Crippen MR) is 105 cm³/mol. The van der Waals surface area contributed by atoms with E-state index in [1.54, 1.807) is 29.7 Å². The van der Waals surface area contributed by atoms with Gasteiger partial charge in [0.25, 0.3) is 0 Å². The molecule has 2 N–H and O–H groups in total. The molecule has 28 heavy (non-hydrogen) atoms. The summed E-state index contributed by atoms with van der Waals surface area (Å²) < 4.78 is 12.3. The average Bonchev–Trinajstić information content (AvgIpc) is 3.12. The first kappa shape index (κ1) is 17.2. The highest BCUT2D eigenvalue weighted by Crippen LogP contribution is 2.39. The minimum absolute atomic E-state index is 0.208. The summed E-state index contributed by atoms with van der Waals surface area (Å²) >= 11 is 0. The third-order valence-corrected chi connectivity index (χ3v) is 4.68. The van der Waals surface area contributed by atoms with E-state index in [0.717, 1.165) is 5.52 Å². The van der Waals surface area contributed by atoms with Crippen molar-refractivity contribution >= 4 is 22.5 Å². The third kappa shape index (κ3) is 2.31. The number of para-hydroxylation sites is 2. The largest absolute Gasteiger partial charge is 0.493 e. The molecule has 0 atom stereocenters. The molecule has 7 nitrogen and oxygen atoms in total. The smallest absolute Gasteiger partial charge is 0.161 e. The van der Waals surface area contributed by atoms with Crippen LogP contribution in [-0.4, -0.2) is 23.6 Å². The van der Waals surface area contributed by atoms with E-state index in [-0.39, 0.29) is 16.9 Å². The number of aromatic nitrogens is 2. The number of hydrogen-bond acceptors (Lipinski definition) is 6. The third-order valence-electron chi connectivity index (χ3n) is 4.68. The number of nitriles is 2. The summed E-state index contributed by atoms with van der Waals surface area (Å²) in [7, 11) is 3.07. The summed E-state index contributed by atoms with van der Waals surface area (Å²) in [5, 5.41) is 19.8. The highest BCUT2D eigenvalue weighted by atomic mass is 16.5. The Kier molecular flexibility index (Phi) is 3.99. The number of rotatable bonds is 3. The second-order valence-corrected chi connectivity index (χ2v) is 6.06. The molecule has 7 heteroatoms. The number of nitrogens with two attached hydrogens (primary N) is 1. The molecule has 2 aromatic carbocycles. The fourth-order valence-corrected chi connectivity index (χ4v) is 3.41. The van der Waals surface area contributed by atoms with Crippen molar-refractivity contribution in [2.24, 2.45) is 0 Å². The van der Waals surface area contributed by atoms with Crippen LogP contribution in [0, 0.1) is 22.7 Å². The van der Waals surface area contributed by atoms with Gasteiger partial charge >= 0.3 is 0 Å². The van der Waals surface area contributed by atoms with E-state index in [9.17, 15) is 10.5 Å². The lowest BCUT2D eigenvalue weighted by Gasteiger charge is -2.14. The van der Waals surface area contributed by atoms with Crippen LogP contribution in [0.4, 0.5) is 5.82 Å². The van der Waals surface area contributed by atoms with Gasteiger partial charge in [-0.3, -0.25) is 4.40 Å². The molecule has 0 saturated carbocycles. The second-order valence-electron chi connectivity index (χ2n) is 6.06. The number of pyridine rings is 1. The van der Waals surface area contributed by atoms with Crippen LogP contribution < -0.4 is 15.2 Å². The van der Waals surface area contributed by atoms with Crippen molar-refractivity contribution in [2.45, 2.75) is 0 Å². The van der Waals surface area contributed by atoms with E-state index < -0.39 is 0 Å². The van der Waals surface area contributed by atoms with Crippen molar-refractivity contribution in [3.8, 4) is 34.8 Å². The lowest BCUT2D eigenvalue weighted by molar-refractivity contribution is 0.355. The fraction of sp³-hybridized carbons (Fsp3) is 0.0952. The molecule has 0 aliphatic carbocycles. The van der Waals surface area contributed by atoms with Crippen LogP contribution in [0.1, 0.15) is 11.1 Å². The number of benzene rings is 2. The Morgan fingerprint density at radius 3 is 2.36 bits per heavy atom. The van der Waals surface area contributed by atoms with E-state index in [1.807, 2.05) is 24.3 Å². The molecule has 0 aliphatic rings. The van der Waals surface area contributed by atoms with Crippen molar-refractivity contribution in [1.82, 2.24) is 9.38 Å². The molecule has 4 aromatic rings. The molecule has 0 spiro atoms. The van der Waals surface area contributed by atoms with Gasteiger partial charge in [-0.2, -0.15) is 10.5 Å². The number of nitrogens with zero attached hydrogens (tertiary/aromatic N) is 4. The zero-order chi connectivity index (χ0) is 19.8. The number of anilines is 1. The van der Waals surface area contributed by atoms with Gasteiger partial charge in [0.05, 0.1) is 25.3 Å². The Bertz CT molecular complexity index is 1330. The fourth-order valence-electron chi connectivity index (χ4n) is 3.41. The van der Waals surface area contributed by atoms with Crippen molar-refractivity contribution < 1.29 is 9.47 Å². The van der Waals surface area contributed by atoms with E-state index in [0.29, 0.717) is 33.8 Å². The van der Waals surface area contributed by atoms with Gasteiger partial charge in [-0.25, -0.2) is 4.98 Å².